The minimum absolute atomic E-state index is 0.0516. The van der Waals surface area contributed by atoms with Crippen LogP contribution < -0.4 is 0 Å². The van der Waals surface area contributed by atoms with Gasteiger partial charge in [0.2, 0.25) is 0 Å². The van der Waals surface area contributed by atoms with Crippen LogP contribution in [0.3, 0.4) is 0 Å². The van der Waals surface area contributed by atoms with Crippen LogP contribution in [0.1, 0.15) is 10.4 Å². The van der Waals surface area contributed by atoms with Crippen LogP contribution in [0.5, 0.6) is 0 Å². The highest BCUT2D eigenvalue weighted by Gasteiger charge is 2.13. The van der Waals surface area contributed by atoms with E-state index in [1.165, 1.54) is 30.8 Å². The van der Waals surface area contributed by atoms with Crippen LogP contribution in [0, 0.1) is 5.82 Å². The van der Waals surface area contributed by atoms with Gasteiger partial charge in [0.25, 0.3) is 0 Å². The molecule has 0 bridgehead atoms. The van der Waals surface area contributed by atoms with Gasteiger partial charge < -0.3 is 4.74 Å². The number of rotatable bonds is 1. The summed E-state index contributed by atoms with van der Waals surface area (Å²) in [5.74, 6) is -1.25. The fraction of sp³-hybridized carbons (Fsp3) is 0.111. The summed E-state index contributed by atoms with van der Waals surface area (Å²) in [5.41, 5.74) is -0.0516. The molecule has 2 aromatic rings. The molecular weight excluding hydrogens is 205 g/mol. The molecule has 0 atom stereocenters. The summed E-state index contributed by atoms with van der Waals surface area (Å²) in [4.78, 5) is 11.1. The van der Waals surface area contributed by atoms with Gasteiger partial charge in [-0.2, -0.15) is 4.37 Å². The summed E-state index contributed by atoms with van der Waals surface area (Å²) in [7, 11) is 1.22. The number of methoxy groups -OCH3 is 1. The molecule has 0 saturated heterocycles. The van der Waals surface area contributed by atoms with Gasteiger partial charge in [-0.15, -0.1) is 0 Å². The van der Waals surface area contributed by atoms with Gasteiger partial charge in [-0.25, -0.2) is 9.18 Å². The number of fused-ring (bicyclic) bond motifs is 1. The molecule has 2 rings (SSSR count). The van der Waals surface area contributed by atoms with E-state index in [2.05, 4.69) is 9.11 Å². The topological polar surface area (TPSA) is 39.2 Å². The van der Waals surface area contributed by atoms with Gasteiger partial charge in [0.05, 0.1) is 17.4 Å². The second-order valence-corrected chi connectivity index (χ2v) is 3.52. The lowest BCUT2D eigenvalue weighted by Gasteiger charge is -2.00. The predicted molar refractivity (Wildman–Crippen MR) is 50.9 cm³/mol. The monoisotopic (exact) mass is 211 g/mol. The van der Waals surface area contributed by atoms with Crippen molar-refractivity contribution < 1.29 is 13.9 Å². The van der Waals surface area contributed by atoms with Crippen molar-refractivity contribution >= 4 is 27.6 Å². The van der Waals surface area contributed by atoms with E-state index in [1.54, 1.807) is 6.20 Å². The predicted octanol–water partition coefficient (Wildman–Crippen LogP) is 2.22. The van der Waals surface area contributed by atoms with Gasteiger partial charge in [0, 0.05) is 11.6 Å². The molecule has 0 unspecified atom stereocenters. The summed E-state index contributed by atoms with van der Waals surface area (Å²) >= 11 is 1.21. The van der Waals surface area contributed by atoms with E-state index in [1.807, 2.05) is 0 Å². The minimum atomic E-state index is -0.669. The molecule has 0 aliphatic rings. The largest absolute Gasteiger partial charge is 0.465 e. The van der Waals surface area contributed by atoms with Crippen LogP contribution in [-0.4, -0.2) is 17.5 Å². The first-order chi connectivity index (χ1) is 6.72. The minimum Gasteiger partial charge on any atom is -0.465 e. The average Bonchev–Trinajstić information content (AvgIpc) is 2.62. The number of halogens is 1. The van der Waals surface area contributed by atoms with E-state index in [-0.39, 0.29) is 5.56 Å². The highest BCUT2D eigenvalue weighted by Crippen LogP contribution is 2.22. The molecule has 1 aromatic carbocycles. The molecule has 0 fully saturated rings. The van der Waals surface area contributed by atoms with Gasteiger partial charge in [0.1, 0.15) is 5.82 Å². The van der Waals surface area contributed by atoms with Crippen molar-refractivity contribution in [3.63, 3.8) is 0 Å². The van der Waals surface area contributed by atoms with Crippen LogP contribution in [-0.2, 0) is 4.74 Å². The first kappa shape index (κ1) is 9.08. The van der Waals surface area contributed by atoms with E-state index < -0.39 is 11.8 Å². The Bertz CT molecular complexity index is 495. The fourth-order valence-corrected chi connectivity index (χ4v) is 1.82. The molecule has 0 saturated carbocycles. The molecule has 14 heavy (non-hydrogen) atoms. The maximum absolute atomic E-state index is 13.3. The van der Waals surface area contributed by atoms with E-state index >= 15 is 0 Å². The summed E-state index contributed by atoms with van der Waals surface area (Å²) in [6.45, 7) is 0. The number of benzene rings is 1. The molecule has 0 spiro atoms. The number of carbonyl (C=O) groups is 1. The lowest BCUT2D eigenvalue weighted by atomic mass is 10.2. The van der Waals surface area contributed by atoms with Gasteiger partial charge >= 0.3 is 5.97 Å². The summed E-state index contributed by atoms with van der Waals surface area (Å²) in [6, 6.07) is 2.74. The van der Waals surface area contributed by atoms with Crippen LogP contribution in [0.4, 0.5) is 4.39 Å². The number of hydrogen-bond donors (Lipinski definition) is 0. The molecule has 1 aromatic heterocycles. The Morgan fingerprint density at radius 3 is 3.07 bits per heavy atom. The first-order valence-corrected chi connectivity index (χ1v) is 4.62. The highest BCUT2D eigenvalue weighted by atomic mass is 32.1. The average molecular weight is 211 g/mol. The zero-order valence-electron chi connectivity index (χ0n) is 7.28. The van der Waals surface area contributed by atoms with Gasteiger partial charge in [-0.1, -0.05) is 0 Å². The molecular formula is C9H6FNO2S. The Balaban J connectivity index is 2.64. The second-order valence-electron chi connectivity index (χ2n) is 2.69. The molecule has 0 radical (unpaired) electrons. The number of nitrogens with zero attached hydrogens (tertiary/aromatic N) is 1. The highest BCUT2D eigenvalue weighted by molar-refractivity contribution is 7.13. The van der Waals surface area contributed by atoms with Crippen LogP contribution >= 0.6 is 11.5 Å². The lowest BCUT2D eigenvalue weighted by Crippen LogP contribution is -2.03. The number of esters is 1. The van der Waals surface area contributed by atoms with Crippen molar-refractivity contribution in [1.82, 2.24) is 4.37 Å². The van der Waals surface area contributed by atoms with Crippen molar-refractivity contribution in [3.8, 4) is 0 Å². The maximum Gasteiger partial charge on any atom is 0.340 e. The SMILES string of the molecule is COC(=O)c1cc2sncc2cc1F. The van der Waals surface area contributed by atoms with E-state index in [0.29, 0.717) is 5.39 Å². The molecule has 3 nitrogen and oxygen atoms in total. The molecule has 1 heterocycles. The molecule has 0 amide bonds. The van der Waals surface area contributed by atoms with Crippen LogP contribution in [0.25, 0.3) is 10.1 Å². The Morgan fingerprint density at radius 1 is 1.57 bits per heavy atom. The van der Waals surface area contributed by atoms with Crippen molar-refractivity contribution in [1.29, 1.82) is 0 Å². The number of hydrogen-bond acceptors (Lipinski definition) is 4. The van der Waals surface area contributed by atoms with Crippen molar-refractivity contribution in [2.45, 2.75) is 0 Å². The van der Waals surface area contributed by atoms with Gasteiger partial charge in [0.15, 0.2) is 0 Å². The second kappa shape index (κ2) is 3.34. The molecule has 0 aliphatic carbocycles. The zero-order valence-corrected chi connectivity index (χ0v) is 8.10. The third kappa shape index (κ3) is 1.35. The normalized spacial score (nSPS) is 10.4. The quantitative estimate of drug-likeness (QED) is 0.679. The summed E-state index contributed by atoms with van der Waals surface area (Å²) in [6.07, 6.45) is 1.56. The maximum atomic E-state index is 13.3. The molecule has 5 heteroatoms. The Hall–Kier alpha value is -1.49. The molecule has 0 N–H and O–H groups in total. The van der Waals surface area contributed by atoms with E-state index in [9.17, 15) is 9.18 Å². The zero-order chi connectivity index (χ0) is 10.1. The first-order valence-electron chi connectivity index (χ1n) is 3.84. The number of aromatic nitrogens is 1. The van der Waals surface area contributed by atoms with Crippen molar-refractivity contribution in [3.05, 3.63) is 29.7 Å². The Labute approximate surface area is 83.3 Å². The summed E-state index contributed by atoms with van der Waals surface area (Å²) < 4.78 is 22.4. The smallest absolute Gasteiger partial charge is 0.340 e. The van der Waals surface area contributed by atoms with E-state index in [4.69, 9.17) is 0 Å². The number of carbonyl (C=O) groups excluding carboxylic acids is 1. The Kier molecular flexibility index (Phi) is 2.17. The van der Waals surface area contributed by atoms with Crippen molar-refractivity contribution in [2.75, 3.05) is 7.11 Å². The standard InChI is InChI=1S/C9H6FNO2S/c1-13-9(12)6-3-8-5(2-7(6)10)4-11-14-8/h2-4H,1H3. The van der Waals surface area contributed by atoms with E-state index in [0.717, 1.165) is 4.70 Å². The fourth-order valence-electron chi connectivity index (χ4n) is 1.16. The van der Waals surface area contributed by atoms with Crippen LogP contribution in [0.2, 0.25) is 0 Å². The van der Waals surface area contributed by atoms with Crippen LogP contribution in [0.15, 0.2) is 18.3 Å². The summed E-state index contributed by atoms with van der Waals surface area (Å²) in [5, 5.41) is 0.695. The lowest BCUT2D eigenvalue weighted by molar-refractivity contribution is 0.0596. The van der Waals surface area contributed by atoms with Gasteiger partial charge in [-0.05, 0) is 23.7 Å². The third-order valence-corrected chi connectivity index (χ3v) is 2.61. The third-order valence-electron chi connectivity index (χ3n) is 1.85. The molecule has 72 valence electrons. The van der Waals surface area contributed by atoms with Gasteiger partial charge in [-0.3, -0.25) is 0 Å². The Morgan fingerprint density at radius 2 is 2.36 bits per heavy atom. The van der Waals surface area contributed by atoms with Crippen molar-refractivity contribution in [2.24, 2.45) is 0 Å². The molecule has 0 aliphatic heterocycles. The number of ether oxygens (including phenoxy) is 1.